The van der Waals surface area contributed by atoms with E-state index in [9.17, 15) is 8.78 Å². The number of ether oxygens (including phenoxy) is 3. The fourth-order valence-electron chi connectivity index (χ4n) is 1.68. The number of nitrogens with zero attached hydrogens (tertiary/aromatic N) is 3. The summed E-state index contributed by atoms with van der Waals surface area (Å²) in [5.41, 5.74) is 5.89. The highest BCUT2D eigenvalue weighted by Crippen LogP contribution is 2.42. The van der Waals surface area contributed by atoms with Crippen molar-refractivity contribution in [1.82, 2.24) is 15.0 Å². The molecule has 3 rings (SSSR count). The van der Waals surface area contributed by atoms with Gasteiger partial charge in [-0.15, -0.1) is 8.78 Å². The molecule has 0 bridgehead atoms. The van der Waals surface area contributed by atoms with Crippen molar-refractivity contribution in [3.63, 3.8) is 0 Å². The van der Waals surface area contributed by atoms with Gasteiger partial charge in [0.25, 0.3) is 0 Å². The van der Waals surface area contributed by atoms with Gasteiger partial charge in [0, 0.05) is 11.8 Å². The molecule has 0 amide bonds. The molecule has 0 radical (unpaired) electrons. The van der Waals surface area contributed by atoms with E-state index in [-0.39, 0.29) is 29.4 Å². The Morgan fingerprint density at radius 3 is 2.71 bits per heavy atom. The first-order chi connectivity index (χ1) is 9.95. The monoisotopic (exact) mass is 297 g/mol. The van der Waals surface area contributed by atoms with Gasteiger partial charge in [0.15, 0.2) is 11.5 Å². The second kappa shape index (κ2) is 4.58. The standard InChI is InChI=1S/C11H9F2N5O3/c1-19-10-17-8(14)16-9(18-10)15-5-2-3-6-7(4-5)21-11(12,13)20-6/h2-4H,1H3,(H3,14,15,16,17,18). The van der Waals surface area contributed by atoms with Gasteiger partial charge in [-0.3, -0.25) is 0 Å². The first-order valence-electron chi connectivity index (χ1n) is 5.68. The molecule has 2 aromatic rings. The van der Waals surface area contributed by atoms with E-state index < -0.39 is 6.29 Å². The molecule has 0 saturated heterocycles. The van der Waals surface area contributed by atoms with E-state index in [4.69, 9.17) is 10.5 Å². The molecule has 3 N–H and O–H groups in total. The maximum atomic E-state index is 12.9. The lowest BCUT2D eigenvalue weighted by molar-refractivity contribution is -0.286. The second-order valence-electron chi connectivity index (χ2n) is 3.96. The molecule has 0 fully saturated rings. The van der Waals surface area contributed by atoms with Crippen molar-refractivity contribution in [2.45, 2.75) is 6.29 Å². The summed E-state index contributed by atoms with van der Waals surface area (Å²) in [7, 11) is 1.38. The topological polar surface area (TPSA) is 104 Å². The third-order valence-corrected chi connectivity index (χ3v) is 2.47. The Morgan fingerprint density at radius 1 is 1.19 bits per heavy atom. The van der Waals surface area contributed by atoms with E-state index in [0.717, 1.165) is 0 Å². The van der Waals surface area contributed by atoms with Gasteiger partial charge in [-0.25, -0.2) is 0 Å². The quantitative estimate of drug-likeness (QED) is 0.878. The van der Waals surface area contributed by atoms with Gasteiger partial charge >= 0.3 is 12.3 Å². The number of fused-ring (bicyclic) bond motifs is 1. The van der Waals surface area contributed by atoms with Gasteiger partial charge in [-0.2, -0.15) is 15.0 Å². The highest BCUT2D eigenvalue weighted by Gasteiger charge is 2.43. The average molecular weight is 297 g/mol. The van der Waals surface area contributed by atoms with Gasteiger partial charge in [-0.1, -0.05) is 0 Å². The minimum atomic E-state index is -3.66. The summed E-state index contributed by atoms with van der Waals surface area (Å²) >= 11 is 0. The summed E-state index contributed by atoms with van der Waals surface area (Å²) in [6.45, 7) is 0. The second-order valence-corrected chi connectivity index (χ2v) is 3.96. The maximum Gasteiger partial charge on any atom is 0.586 e. The van der Waals surface area contributed by atoms with Gasteiger partial charge < -0.3 is 25.3 Å². The van der Waals surface area contributed by atoms with Crippen molar-refractivity contribution < 1.29 is 23.0 Å². The van der Waals surface area contributed by atoms with Crippen LogP contribution < -0.4 is 25.3 Å². The van der Waals surface area contributed by atoms with Crippen LogP contribution in [0.25, 0.3) is 0 Å². The molecule has 0 aliphatic carbocycles. The molecule has 0 unspecified atom stereocenters. The number of hydrogen-bond donors (Lipinski definition) is 2. The fraction of sp³-hybridized carbons (Fsp3) is 0.182. The molecule has 1 aliphatic rings. The molecule has 110 valence electrons. The number of anilines is 3. The Balaban J connectivity index is 1.85. The summed E-state index contributed by atoms with van der Waals surface area (Å²) in [6, 6.07) is 4.18. The number of alkyl halides is 2. The fourth-order valence-corrected chi connectivity index (χ4v) is 1.68. The van der Waals surface area contributed by atoms with Crippen molar-refractivity contribution in [2.75, 3.05) is 18.2 Å². The lowest BCUT2D eigenvalue weighted by atomic mass is 10.3. The van der Waals surface area contributed by atoms with Crippen LogP contribution >= 0.6 is 0 Å². The molecule has 0 saturated carbocycles. The van der Waals surface area contributed by atoms with E-state index in [0.29, 0.717) is 5.69 Å². The Kier molecular flexibility index (Phi) is 2.85. The Morgan fingerprint density at radius 2 is 1.95 bits per heavy atom. The Labute approximate surface area is 116 Å². The van der Waals surface area contributed by atoms with E-state index in [2.05, 4.69) is 29.7 Å². The van der Waals surface area contributed by atoms with Crippen LogP contribution in [0.5, 0.6) is 17.5 Å². The minimum absolute atomic E-state index is 0.0253. The lowest BCUT2D eigenvalue weighted by Gasteiger charge is -2.07. The van der Waals surface area contributed by atoms with Crippen LogP contribution in [0.4, 0.5) is 26.4 Å². The summed E-state index contributed by atoms with van der Waals surface area (Å²) < 4.78 is 39.3. The predicted octanol–water partition coefficient (Wildman–Crippen LogP) is 1.53. The van der Waals surface area contributed by atoms with Crippen LogP contribution in [0.3, 0.4) is 0 Å². The molecule has 1 aliphatic heterocycles. The minimum Gasteiger partial charge on any atom is -0.467 e. The molecule has 1 aromatic heterocycles. The highest BCUT2D eigenvalue weighted by atomic mass is 19.3. The maximum absolute atomic E-state index is 12.9. The van der Waals surface area contributed by atoms with Gasteiger partial charge in [0.1, 0.15) is 0 Å². The van der Waals surface area contributed by atoms with E-state index in [1.807, 2.05) is 0 Å². The van der Waals surface area contributed by atoms with Crippen molar-refractivity contribution in [3.8, 4) is 17.5 Å². The molecule has 1 aromatic carbocycles. The molecule has 10 heteroatoms. The normalized spacial score (nSPS) is 14.8. The van der Waals surface area contributed by atoms with Crippen molar-refractivity contribution in [3.05, 3.63) is 18.2 Å². The van der Waals surface area contributed by atoms with Crippen LogP contribution in [-0.2, 0) is 0 Å². The van der Waals surface area contributed by atoms with Crippen molar-refractivity contribution >= 4 is 17.6 Å². The molecule has 2 heterocycles. The zero-order valence-electron chi connectivity index (χ0n) is 10.6. The summed E-state index contributed by atoms with van der Waals surface area (Å²) in [5, 5.41) is 2.77. The SMILES string of the molecule is COc1nc(N)nc(Nc2ccc3c(c2)OC(F)(F)O3)n1. The summed E-state index contributed by atoms with van der Waals surface area (Å²) in [5.74, 6) is -0.0983. The molecule has 0 atom stereocenters. The van der Waals surface area contributed by atoms with Crippen LogP contribution in [0.15, 0.2) is 18.2 Å². The predicted molar refractivity (Wildman–Crippen MR) is 66.7 cm³/mol. The zero-order valence-corrected chi connectivity index (χ0v) is 10.6. The van der Waals surface area contributed by atoms with Crippen LogP contribution in [-0.4, -0.2) is 28.4 Å². The number of halogens is 2. The zero-order chi connectivity index (χ0) is 15.0. The largest absolute Gasteiger partial charge is 0.586 e. The van der Waals surface area contributed by atoms with E-state index >= 15 is 0 Å². The summed E-state index contributed by atoms with van der Waals surface area (Å²) in [4.78, 5) is 11.5. The molecule has 0 spiro atoms. The average Bonchev–Trinajstić information content (AvgIpc) is 2.71. The van der Waals surface area contributed by atoms with Crippen molar-refractivity contribution in [1.29, 1.82) is 0 Å². The lowest BCUT2D eigenvalue weighted by Crippen LogP contribution is -2.25. The number of aromatic nitrogens is 3. The number of nitrogens with one attached hydrogen (secondary N) is 1. The van der Waals surface area contributed by atoms with Crippen LogP contribution in [0, 0.1) is 0 Å². The number of rotatable bonds is 3. The van der Waals surface area contributed by atoms with Crippen LogP contribution in [0.2, 0.25) is 0 Å². The molecule has 21 heavy (non-hydrogen) atoms. The third kappa shape index (κ3) is 2.68. The molecular weight excluding hydrogens is 288 g/mol. The number of hydrogen-bond acceptors (Lipinski definition) is 8. The third-order valence-electron chi connectivity index (χ3n) is 2.47. The number of nitrogen functional groups attached to an aromatic ring is 1. The van der Waals surface area contributed by atoms with Gasteiger partial charge in [0.2, 0.25) is 11.9 Å². The van der Waals surface area contributed by atoms with Gasteiger partial charge in [-0.05, 0) is 12.1 Å². The first-order valence-corrected chi connectivity index (χ1v) is 5.68. The van der Waals surface area contributed by atoms with Gasteiger partial charge in [0.05, 0.1) is 7.11 Å². The smallest absolute Gasteiger partial charge is 0.467 e. The van der Waals surface area contributed by atoms with E-state index in [1.165, 1.54) is 25.3 Å². The summed E-state index contributed by atoms with van der Waals surface area (Å²) in [6.07, 6.45) is -3.66. The Bertz CT molecular complexity index is 698. The number of methoxy groups -OCH3 is 1. The number of nitrogens with two attached hydrogens (primary N) is 1. The van der Waals surface area contributed by atoms with Crippen molar-refractivity contribution in [2.24, 2.45) is 0 Å². The Hall–Kier alpha value is -2.91. The van der Waals surface area contributed by atoms with Crippen LogP contribution in [0.1, 0.15) is 0 Å². The first kappa shape index (κ1) is 13.1. The highest BCUT2D eigenvalue weighted by molar-refractivity contribution is 5.60. The van der Waals surface area contributed by atoms with E-state index in [1.54, 1.807) is 0 Å². The molecular formula is C11H9F2N5O3. The number of benzene rings is 1. The molecule has 8 nitrogen and oxygen atoms in total.